The first kappa shape index (κ1) is 13.3. The average Bonchev–Trinajstić information content (AvgIpc) is 2.24. The van der Waals surface area contributed by atoms with E-state index < -0.39 is 0 Å². The molecule has 0 rings (SSSR count). The van der Waals surface area contributed by atoms with Crippen molar-refractivity contribution in [3.63, 3.8) is 0 Å². The molecule has 0 radical (unpaired) electrons. The molecule has 0 aliphatic carbocycles. The summed E-state index contributed by atoms with van der Waals surface area (Å²) in [7, 11) is 0. The molecule has 0 aromatic carbocycles. The van der Waals surface area contributed by atoms with E-state index in [1.165, 1.54) is 0 Å². The minimum atomic E-state index is 0.475. The number of hydrogen-bond acceptors (Lipinski definition) is 2. The Labute approximate surface area is 88.5 Å². The molecule has 0 bridgehead atoms. The molecule has 0 atom stereocenters. The molecular weight excluding hydrogens is 172 g/mol. The van der Waals surface area contributed by atoms with Crippen LogP contribution < -0.4 is 0 Å². The molecule has 0 amide bonds. The molecule has 2 nitrogen and oxygen atoms in total. The third-order valence-corrected chi connectivity index (χ3v) is 2.55. The number of nitrogens with zero attached hydrogens (tertiary/aromatic N) is 2. The SMILES string of the molecule is CCC(CC)N=CC=NC(CC)CC. The zero-order valence-corrected chi connectivity index (χ0v) is 10.0. The van der Waals surface area contributed by atoms with Crippen LogP contribution in [0.2, 0.25) is 0 Å². The predicted octanol–water partition coefficient (Wildman–Crippen LogP) is 3.51. The maximum atomic E-state index is 4.43. The molecular formula is C12H24N2. The maximum Gasteiger partial charge on any atom is 0.0495 e. The zero-order chi connectivity index (χ0) is 10.8. The van der Waals surface area contributed by atoms with Gasteiger partial charge in [-0.2, -0.15) is 0 Å². The van der Waals surface area contributed by atoms with Crippen LogP contribution in [0.4, 0.5) is 0 Å². The summed E-state index contributed by atoms with van der Waals surface area (Å²) in [6.07, 6.45) is 8.18. The van der Waals surface area contributed by atoms with E-state index in [1.807, 2.05) is 12.4 Å². The maximum absolute atomic E-state index is 4.43. The van der Waals surface area contributed by atoms with Gasteiger partial charge < -0.3 is 0 Å². The molecule has 2 heteroatoms. The molecule has 0 aliphatic rings. The Bertz CT molecular complexity index is 145. The standard InChI is InChI=1S/C12H24N2/c1-5-11(6-2)13-9-10-14-12(7-3)8-4/h9-12H,5-8H2,1-4H3. The number of hydrogen-bond donors (Lipinski definition) is 0. The fourth-order valence-corrected chi connectivity index (χ4v) is 1.32. The molecule has 0 aromatic rings. The highest BCUT2D eigenvalue weighted by Gasteiger charge is 1.97. The van der Waals surface area contributed by atoms with Crippen molar-refractivity contribution in [3.05, 3.63) is 0 Å². The van der Waals surface area contributed by atoms with Crippen molar-refractivity contribution in [2.24, 2.45) is 9.98 Å². The van der Waals surface area contributed by atoms with Crippen LogP contribution in [0, 0.1) is 0 Å². The van der Waals surface area contributed by atoms with Crippen molar-refractivity contribution in [2.75, 3.05) is 0 Å². The van der Waals surface area contributed by atoms with Crippen molar-refractivity contribution in [2.45, 2.75) is 65.5 Å². The summed E-state index contributed by atoms with van der Waals surface area (Å²) >= 11 is 0. The van der Waals surface area contributed by atoms with Gasteiger partial charge in [-0.15, -0.1) is 0 Å². The fraction of sp³-hybridized carbons (Fsp3) is 0.833. The highest BCUT2D eigenvalue weighted by atomic mass is 14.8. The Morgan fingerprint density at radius 3 is 1.21 bits per heavy atom. The van der Waals surface area contributed by atoms with Crippen molar-refractivity contribution >= 4 is 12.4 Å². The number of aliphatic imine (C=N–C) groups is 2. The van der Waals surface area contributed by atoms with Gasteiger partial charge in [-0.1, -0.05) is 27.7 Å². The van der Waals surface area contributed by atoms with Crippen LogP contribution in [0.25, 0.3) is 0 Å². The topological polar surface area (TPSA) is 24.7 Å². The Hall–Kier alpha value is -0.660. The Morgan fingerprint density at radius 2 is 1.00 bits per heavy atom. The lowest BCUT2D eigenvalue weighted by Gasteiger charge is -2.05. The Balaban J connectivity index is 3.89. The molecule has 0 unspecified atom stereocenters. The highest BCUT2D eigenvalue weighted by Crippen LogP contribution is 2.01. The largest absolute Gasteiger partial charge is 0.288 e. The lowest BCUT2D eigenvalue weighted by molar-refractivity contribution is 0.631. The minimum Gasteiger partial charge on any atom is -0.288 e. The lowest BCUT2D eigenvalue weighted by atomic mass is 10.2. The van der Waals surface area contributed by atoms with Crippen molar-refractivity contribution in [3.8, 4) is 0 Å². The molecule has 82 valence electrons. The summed E-state index contributed by atoms with van der Waals surface area (Å²) in [5.41, 5.74) is 0. The van der Waals surface area contributed by atoms with E-state index in [1.54, 1.807) is 0 Å². The van der Waals surface area contributed by atoms with Crippen LogP contribution in [0.3, 0.4) is 0 Å². The molecule has 0 heterocycles. The van der Waals surface area contributed by atoms with E-state index in [0.717, 1.165) is 25.7 Å². The second-order valence-corrected chi connectivity index (χ2v) is 3.54. The molecule has 0 aliphatic heterocycles. The monoisotopic (exact) mass is 196 g/mol. The third kappa shape index (κ3) is 5.90. The molecule has 0 fully saturated rings. The van der Waals surface area contributed by atoms with Crippen molar-refractivity contribution in [1.29, 1.82) is 0 Å². The molecule has 0 saturated heterocycles. The van der Waals surface area contributed by atoms with Gasteiger partial charge in [-0.3, -0.25) is 9.98 Å². The van der Waals surface area contributed by atoms with Gasteiger partial charge >= 0.3 is 0 Å². The van der Waals surface area contributed by atoms with Gasteiger partial charge in [0, 0.05) is 24.5 Å². The third-order valence-electron chi connectivity index (χ3n) is 2.55. The summed E-state index contributed by atoms with van der Waals surface area (Å²) < 4.78 is 0. The fourth-order valence-electron chi connectivity index (χ4n) is 1.32. The zero-order valence-electron chi connectivity index (χ0n) is 10.0. The minimum absolute atomic E-state index is 0.475. The van der Waals surface area contributed by atoms with Gasteiger partial charge in [0.2, 0.25) is 0 Å². The Morgan fingerprint density at radius 1 is 0.714 bits per heavy atom. The van der Waals surface area contributed by atoms with E-state index in [-0.39, 0.29) is 0 Å². The summed E-state index contributed by atoms with van der Waals surface area (Å²) in [5, 5.41) is 0. The van der Waals surface area contributed by atoms with Crippen LogP contribution in [0.5, 0.6) is 0 Å². The van der Waals surface area contributed by atoms with Crippen LogP contribution in [0.1, 0.15) is 53.4 Å². The Kier molecular flexibility index (Phi) is 8.50. The first-order chi connectivity index (χ1) is 6.78. The summed E-state index contributed by atoms with van der Waals surface area (Å²) in [6.45, 7) is 8.68. The van der Waals surface area contributed by atoms with Crippen LogP contribution in [0.15, 0.2) is 9.98 Å². The van der Waals surface area contributed by atoms with Crippen LogP contribution in [-0.2, 0) is 0 Å². The van der Waals surface area contributed by atoms with Gasteiger partial charge in [-0.25, -0.2) is 0 Å². The molecule has 0 aromatic heterocycles. The highest BCUT2D eigenvalue weighted by molar-refractivity contribution is 6.16. The van der Waals surface area contributed by atoms with Gasteiger partial charge in [0.05, 0.1) is 0 Å². The van der Waals surface area contributed by atoms with E-state index in [2.05, 4.69) is 37.7 Å². The lowest BCUT2D eigenvalue weighted by Crippen LogP contribution is -2.02. The van der Waals surface area contributed by atoms with Gasteiger partial charge in [-0.05, 0) is 25.7 Å². The van der Waals surface area contributed by atoms with E-state index in [0.29, 0.717) is 12.1 Å². The van der Waals surface area contributed by atoms with Crippen molar-refractivity contribution in [1.82, 2.24) is 0 Å². The van der Waals surface area contributed by atoms with E-state index >= 15 is 0 Å². The van der Waals surface area contributed by atoms with Crippen LogP contribution >= 0.6 is 0 Å². The van der Waals surface area contributed by atoms with Gasteiger partial charge in [0.15, 0.2) is 0 Å². The van der Waals surface area contributed by atoms with Crippen LogP contribution in [-0.4, -0.2) is 24.5 Å². The summed E-state index contributed by atoms with van der Waals surface area (Å²) in [5.74, 6) is 0. The van der Waals surface area contributed by atoms with Crippen molar-refractivity contribution < 1.29 is 0 Å². The van der Waals surface area contributed by atoms with E-state index in [9.17, 15) is 0 Å². The smallest absolute Gasteiger partial charge is 0.0495 e. The summed E-state index contributed by atoms with van der Waals surface area (Å²) in [6, 6.07) is 0.950. The molecule has 14 heavy (non-hydrogen) atoms. The second kappa shape index (κ2) is 8.92. The number of rotatable bonds is 7. The predicted molar refractivity (Wildman–Crippen MR) is 65.7 cm³/mol. The average molecular weight is 196 g/mol. The van der Waals surface area contributed by atoms with Gasteiger partial charge in [0.1, 0.15) is 0 Å². The normalized spacial score (nSPS) is 12.7. The second-order valence-electron chi connectivity index (χ2n) is 3.54. The van der Waals surface area contributed by atoms with E-state index in [4.69, 9.17) is 0 Å². The first-order valence-electron chi connectivity index (χ1n) is 5.83. The summed E-state index contributed by atoms with van der Waals surface area (Å²) in [4.78, 5) is 8.85. The molecule has 0 N–H and O–H groups in total. The first-order valence-corrected chi connectivity index (χ1v) is 5.83. The molecule has 0 saturated carbocycles. The van der Waals surface area contributed by atoms with Gasteiger partial charge in [0.25, 0.3) is 0 Å². The quantitative estimate of drug-likeness (QED) is 0.557. The molecule has 0 spiro atoms.